The number of anilines is 1. The zero-order valence-electron chi connectivity index (χ0n) is 12.8. The molecule has 0 saturated carbocycles. The summed E-state index contributed by atoms with van der Waals surface area (Å²) in [7, 11) is 0. The molecule has 1 aromatic carbocycles. The molecular formula is C17H15ClN2O3S. The van der Waals surface area contributed by atoms with Crippen LogP contribution in [0.1, 0.15) is 6.92 Å². The van der Waals surface area contributed by atoms with E-state index in [2.05, 4.69) is 10.3 Å². The van der Waals surface area contributed by atoms with Crippen LogP contribution in [0.15, 0.2) is 65.0 Å². The van der Waals surface area contributed by atoms with E-state index in [1.54, 1.807) is 17.5 Å². The average molecular weight is 363 g/mol. The average Bonchev–Trinajstić information content (AvgIpc) is 2.58. The van der Waals surface area contributed by atoms with Gasteiger partial charge < -0.3 is 10.1 Å². The first-order chi connectivity index (χ1) is 11.5. The van der Waals surface area contributed by atoms with Gasteiger partial charge in [0.15, 0.2) is 6.10 Å². The minimum absolute atomic E-state index is 0.336. The summed E-state index contributed by atoms with van der Waals surface area (Å²) in [6.45, 7) is 1.49. The van der Waals surface area contributed by atoms with E-state index in [0.717, 1.165) is 4.90 Å². The number of carbonyl (C=O) groups excluding carboxylic acids is 2. The molecule has 24 heavy (non-hydrogen) atoms. The number of ether oxygens (including phenoxy) is 1. The molecule has 2 aromatic rings. The second kappa shape index (κ2) is 9.10. The first-order valence-electron chi connectivity index (χ1n) is 7.06. The van der Waals surface area contributed by atoms with Crippen LogP contribution in [0.2, 0.25) is 5.02 Å². The lowest BCUT2D eigenvalue weighted by Crippen LogP contribution is -2.29. The Morgan fingerprint density at radius 3 is 2.67 bits per heavy atom. The number of amides is 1. The van der Waals surface area contributed by atoms with Crippen molar-refractivity contribution >= 4 is 41.1 Å². The van der Waals surface area contributed by atoms with Gasteiger partial charge in [-0.1, -0.05) is 41.6 Å². The minimum atomic E-state index is -0.943. The molecule has 0 fully saturated rings. The summed E-state index contributed by atoms with van der Waals surface area (Å²) in [5, 5.41) is 4.62. The second-order valence-electron chi connectivity index (χ2n) is 4.66. The number of hydrogen-bond donors (Lipinski definition) is 1. The Balaban J connectivity index is 1.79. The number of benzene rings is 1. The fourth-order valence-electron chi connectivity index (χ4n) is 1.61. The third-order valence-corrected chi connectivity index (χ3v) is 3.83. The summed E-state index contributed by atoms with van der Waals surface area (Å²) in [5.41, 5.74) is 0. The van der Waals surface area contributed by atoms with Gasteiger partial charge in [-0.2, -0.15) is 0 Å². The van der Waals surface area contributed by atoms with Crippen LogP contribution >= 0.6 is 23.4 Å². The number of rotatable bonds is 6. The van der Waals surface area contributed by atoms with Crippen LogP contribution in [0, 0.1) is 0 Å². The van der Waals surface area contributed by atoms with Gasteiger partial charge in [0.2, 0.25) is 0 Å². The van der Waals surface area contributed by atoms with Crippen LogP contribution in [-0.2, 0) is 14.3 Å². The van der Waals surface area contributed by atoms with E-state index < -0.39 is 18.0 Å². The predicted octanol–water partition coefficient (Wildman–Crippen LogP) is 3.91. The first kappa shape index (κ1) is 18.0. The van der Waals surface area contributed by atoms with Crippen molar-refractivity contribution in [3.05, 3.63) is 65.2 Å². The van der Waals surface area contributed by atoms with E-state index in [-0.39, 0.29) is 0 Å². The molecule has 0 unspecified atom stereocenters. The normalized spacial score (nSPS) is 11.9. The van der Waals surface area contributed by atoms with Crippen molar-refractivity contribution < 1.29 is 14.3 Å². The van der Waals surface area contributed by atoms with Crippen LogP contribution < -0.4 is 5.32 Å². The van der Waals surface area contributed by atoms with Crippen LogP contribution in [0.3, 0.4) is 0 Å². The molecule has 1 atom stereocenters. The summed E-state index contributed by atoms with van der Waals surface area (Å²) in [4.78, 5) is 28.6. The molecular weight excluding hydrogens is 348 g/mol. The van der Waals surface area contributed by atoms with Crippen LogP contribution in [0.5, 0.6) is 0 Å². The maximum Gasteiger partial charge on any atom is 0.332 e. The Hall–Kier alpha value is -2.31. The molecule has 0 spiro atoms. The van der Waals surface area contributed by atoms with Gasteiger partial charge in [-0.15, -0.1) is 0 Å². The molecule has 7 heteroatoms. The molecule has 0 aliphatic rings. The van der Waals surface area contributed by atoms with E-state index in [9.17, 15) is 9.59 Å². The van der Waals surface area contributed by atoms with Gasteiger partial charge in [0.25, 0.3) is 5.91 Å². The highest BCUT2D eigenvalue weighted by atomic mass is 35.5. The lowest BCUT2D eigenvalue weighted by Gasteiger charge is -2.11. The summed E-state index contributed by atoms with van der Waals surface area (Å²) >= 11 is 7.10. The monoisotopic (exact) mass is 362 g/mol. The predicted molar refractivity (Wildman–Crippen MR) is 94.9 cm³/mol. The maximum atomic E-state index is 11.9. The number of aromatic nitrogens is 1. The molecule has 1 aromatic heterocycles. The summed E-state index contributed by atoms with van der Waals surface area (Å²) in [5.74, 6) is -0.727. The van der Waals surface area contributed by atoms with E-state index in [1.807, 2.05) is 30.3 Å². The fraction of sp³-hybridized carbons (Fsp3) is 0.118. The van der Waals surface area contributed by atoms with Gasteiger partial charge in [-0.05, 0) is 36.6 Å². The smallest absolute Gasteiger partial charge is 0.332 e. The Labute approximate surface area is 149 Å². The number of halogens is 1. The van der Waals surface area contributed by atoms with E-state index >= 15 is 0 Å². The van der Waals surface area contributed by atoms with Gasteiger partial charge in [-0.25, -0.2) is 9.78 Å². The van der Waals surface area contributed by atoms with Crippen LogP contribution in [0.4, 0.5) is 5.82 Å². The molecule has 0 radical (unpaired) electrons. The van der Waals surface area contributed by atoms with Crippen molar-refractivity contribution in [2.24, 2.45) is 0 Å². The molecule has 1 heterocycles. The third-order valence-electron chi connectivity index (χ3n) is 2.79. The fourth-order valence-corrected chi connectivity index (χ4v) is 2.37. The van der Waals surface area contributed by atoms with Crippen molar-refractivity contribution in [2.75, 3.05) is 5.32 Å². The van der Waals surface area contributed by atoms with Gasteiger partial charge in [0.1, 0.15) is 5.82 Å². The summed E-state index contributed by atoms with van der Waals surface area (Å²) < 4.78 is 5.04. The molecule has 2 rings (SSSR count). The van der Waals surface area contributed by atoms with Gasteiger partial charge >= 0.3 is 5.97 Å². The molecule has 0 bridgehead atoms. The third kappa shape index (κ3) is 6.06. The lowest BCUT2D eigenvalue weighted by atomic mass is 10.3. The standard InChI is InChI=1S/C17H15ClN2O3S/c1-12(17(22)20-15-8-7-13(18)11-19-15)23-16(21)9-10-24-14-5-3-2-4-6-14/h2-12H,1H3,(H,19,20,22)/b10-9+/t12-/m0/s1. The number of pyridine rings is 1. The quantitative estimate of drug-likeness (QED) is 0.479. The number of esters is 1. The summed E-state index contributed by atoms with van der Waals surface area (Å²) in [6.07, 6.45) is 1.75. The molecule has 124 valence electrons. The molecule has 1 amide bonds. The topological polar surface area (TPSA) is 68.3 Å². The van der Waals surface area contributed by atoms with E-state index in [4.69, 9.17) is 16.3 Å². The Kier molecular flexibility index (Phi) is 6.84. The highest BCUT2D eigenvalue weighted by Gasteiger charge is 2.17. The number of nitrogens with zero attached hydrogens (tertiary/aromatic N) is 1. The van der Waals surface area contributed by atoms with Crippen molar-refractivity contribution in [3.63, 3.8) is 0 Å². The van der Waals surface area contributed by atoms with Crippen LogP contribution in [-0.4, -0.2) is 23.0 Å². The molecule has 0 aliphatic carbocycles. The zero-order chi connectivity index (χ0) is 17.4. The SMILES string of the molecule is C[C@H](OC(=O)/C=C/Sc1ccccc1)C(=O)Nc1ccc(Cl)cn1. The maximum absolute atomic E-state index is 11.9. The van der Waals surface area contributed by atoms with Crippen molar-refractivity contribution in [1.82, 2.24) is 4.98 Å². The molecule has 0 aliphatic heterocycles. The highest BCUT2D eigenvalue weighted by Crippen LogP contribution is 2.18. The number of thioether (sulfide) groups is 1. The summed E-state index contributed by atoms with van der Waals surface area (Å²) in [6, 6.07) is 12.7. The largest absolute Gasteiger partial charge is 0.449 e. The van der Waals surface area contributed by atoms with Crippen molar-refractivity contribution in [2.45, 2.75) is 17.9 Å². The van der Waals surface area contributed by atoms with Crippen molar-refractivity contribution in [3.8, 4) is 0 Å². The first-order valence-corrected chi connectivity index (χ1v) is 8.31. The Morgan fingerprint density at radius 2 is 2.00 bits per heavy atom. The van der Waals surface area contributed by atoms with E-state index in [1.165, 1.54) is 31.0 Å². The zero-order valence-corrected chi connectivity index (χ0v) is 14.4. The Bertz CT molecular complexity index is 720. The second-order valence-corrected chi connectivity index (χ2v) is 6.08. The van der Waals surface area contributed by atoms with Crippen LogP contribution in [0.25, 0.3) is 0 Å². The highest BCUT2D eigenvalue weighted by molar-refractivity contribution is 8.02. The number of carbonyl (C=O) groups is 2. The Morgan fingerprint density at radius 1 is 1.25 bits per heavy atom. The minimum Gasteiger partial charge on any atom is -0.449 e. The molecule has 0 saturated heterocycles. The van der Waals surface area contributed by atoms with Gasteiger partial charge in [0.05, 0.1) is 5.02 Å². The lowest BCUT2D eigenvalue weighted by molar-refractivity contribution is -0.148. The molecule has 5 nitrogen and oxygen atoms in total. The molecule has 1 N–H and O–H groups in total. The number of hydrogen-bond acceptors (Lipinski definition) is 5. The van der Waals surface area contributed by atoms with Gasteiger partial charge in [-0.3, -0.25) is 4.79 Å². The number of nitrogens with one attached hydrogen (secondary N) is 1. The van der Waals surface area contributed by atoms with Crippen molar-refractivity contribution in [1.29, 1.82) is 0 Å². The van der Waals surface area contributed by atoms with E-state index in [0.29, 0.717) is 10.8 Å². The van der Waals surface area contributed by atoms with Gasteiger partial charge in [0, 0.05) is 17.2 Å².